The highest BCUT2D eigenvalue weighted by molar-refractivity contribution is 5.92. The van der Waals surface area contributed by atoms with Crippen molar-refractivity contribution in [3.8, 4) is 23.2 Å². The van der Waals surface area contributed by atoms with Crippen molar-refractivity contribution in [3.63, 3.8) is 0 Å². The Morgan fingerprint density at radius 1 is 1.00 bits per heavy atom. The highest BCUT2D eigenvalue weighted by Gasteiger charge is 2.32. The second-order valence-electron chi connectivity index (χ2n) is 10.6. The minimum atomic E-state index is -1.12. The van der Waals surface area contributed by atoms with Crippen LogP contribution in [-0.2, 0) is 17.8 Å². The molecule has 6 rings (SSSR count). The monoisotopic (exact) mass is 614 g/mol. The molecule has 2 N–H and O–H groups in total. The van der Waals surface area contributed by atoms with Crippen molar-refractivity contribution < 1.29 is 37.7 Å². The summed E-state index contributed by atoms with van der Waals surface area (Å²) in [5.74, 6) is -3.08. The van der Waals surface area contributed by atoms with Crippen LogP contribution in [0, 0.1) is 34.7 Å². The van der Waals surface area contributed by atoms with E-state index in [2.05, 4.69) is 9.97 Å². The van der Waals surface area contributed by atoms with E-state index in [1.54, 1.807) is 16.7 Å². The molecule has 0 radical (unpaired) electrons. The van der Waals surface area contributed by atoms with Crippen molar-refractivity contribution in [2.24, 2.45) is 5.92 Å². The highest BCUT2D eigenvalue weighted by atomic mass is 19.1. The molecule has 0 saturated carbocycles. The molecule has 0 unspecified atom stereocenters. The van der Waals surface area contributed by atoms with Crippen molar-refractivity contribution in [3.05, 3.63) is 112 Å². The third kappa shape index (κ3) is 5.95. The van der Waals surface area contributed by atoms with E-state index < -0.39 is 29.5 Å². The normalized spacial score (nSPS) is 16.2. The van der Waals surface area contributed by atoms with Crippen LogP contribution in [0.3, 0.4) is 0 Å². The first-order valence-electron chi connectivity index (χ1n) is 13.9. The zero-order valence-corrected chi connectivity index (χ0v) is 23.6. The number of ether oxygens (including phenoxy) is 2. The average molecular weight is 615 g/mol. The molecule has 0 amide bonds. The number of aromatic carboxylic acids is 1. The van der Waals surface area contributed by atoms with Crippen LogP contribution in [0.2, 0.25) is 0 Å². The van der Waals surface area contributed by atoms with Gasteiger partial charge in [-0.2, -0.15) is 5.26 Å². The third-order valence-electron chi connectivity index (χ3n) is 7.78. The Morgan fingerprint density at radius 3 is 2.58 bits per heavy atom. The minimum absolute atomic E-state index is 0.00873. The fraction of sp³-hybridized carbons (Fsp3) is 0.212. The minimum Gasteiger partial charge on any atom is -0.478 e. The van der Waals surface area contributed by atoms with Gasteiger partial charge in [0.2, 0.25) is 5.88 Å². The van der Waals surface area contributed by atoms with E-state index in [4.69, 9.17) is 14.7 Å². The third-order valence-corrected chi connectivity index (χ3v) is 7.78. The van der Waals surface area contributed by atoms with Crippen LogP contribution in [0.15, 0.2) is 66.7 Å². The van der Waals surface area contributed by atoms with Crippen molar-refractivity contribution in [2.45, 2.75) is 19.1 Å². The molecule has 3 heterocycles. The molecular weight excluding hydrogens is 589 g/mol. The SMILES string of the molecule is N#Cc1ccc(COc2cccc(-c3cc(F)c(Cc4nc5ccc(C(=O)O)cc5n4[C@@H]4COC[C@H]4CO)cc3F)n2)c(F)c1. The zero-order chi connectivity index (χ0) is 31.7. The number of pyridine rings is 1. The van der Waals surface area contributed by atoms with Gasteiger partial charge in [-0.05, 0) is 54.1 Å². The van der Waals surface area contributed by atoms with Gasteiger partial charge in [-0.15, -0.1) is 0 Å². The fourth-order valence-corrected chi connectivity index (χ4v) is 5.44. The van der Waals surface area contributed by atoms with E-state index >= 15 is 8.78 Å². The predicted molar refractivity (Wildman–Crippen MR) is 155 cm³/mol. The topological polar surface area (TPSA) is 130 Å². The molecule has 1 saturated heterocycles. The summed E-state index contributed by atoms with van der Waals surface area (Å²) in [5, 5.41) is 28.4. The predicted octanol–water partition coefficient (Wildman–Crippen LogP) is 5.44. The number of fused-ring (bicyclic) bond motifs is 1. The Kier molecular flexibility index (Phi) is 8.21. The van der Waals surface area contributed by atoms with Crippen molar-refractivity contribution in [1.29, 1.82) is 5.26 Å². The number of carbonyl (C=O) groups is 1. The molecule has 5 aromatic rings. The smallest absolute Gasteiger partial charge is 0.335 e. The standard InChI is InChI=1S/C33H25F3N4O5/c34-24-8-18(13-37)4-5-20(24)16-45-32-3-1-2-27(39-32)23-12-25(35)21(9-26(23)36)11-31-38-28-7-6-19(33(42)43)10-29(28)40(31)30-17-44-15-22(30)14-41/h1-10,12,22,30,41H,11,14-17H2,(H,42,43)/t22-,30-/m1/s1. The number of imidazole rings is 1. The number of halogens is 3. The largest absolute Gasteiger partial charge is 0.478 e. The second kappa shape index (κ2) is 12.4. The summed E-state index contributed by atoms with van der Waals surface area (Å²) in [5.41, 5.74) is 1.35. The summed E-state index contributed by atoms with van der Waals surface area (Å²) in [4.78, 5) is 20.5. The van der Waals surface area contributed by atoms with E-state index in [-0.39, 0.29) is 78.2 Å². The van der Waals surface area contributed by atoms with Gasteiger partial charge < -0.3 is 24.3 Å². The maximum absolute atomic E-state index is 15.6. The van der Waals surface area contributed by atoms with Crippen molar-refractivity contribution >= 4 is 17.0 Å². The Hall–Kier alpha value is -5.25. The van der Waals surface area contributed by atoms with Crippen LogP contribution < -0.4 is 4.74 Å². The van der Waals surface area contributed by atoms with E-state index in [0.29, 0.717) is 16.9 Å². The van der Waals surface area contributed by atoms with Gasteiger partial charge >= 0.3 is 5.97 Å². The maximum Gasteiger partial charge on any atom is 0.335 e. The molecular formula is C33H25F3N4O5. The summed E-state index contributed by atoms with van der Waals surface area (Å²) in [6.07, 6.45) is -0.124. The van der Waals surface area contributed by atoms with Crippen LogP contribution in [0.4, 0.5) is 13.2 Å². The summed E-state index contributed by atoms with van der Waals surface area (Å²) in [7, 11) is 0. The first-order valence-corrected chi connectivity index (χ1v) is 13.9. The lowest BCUT2D eigenvalue weighted by atomic mass is 10.0. The number of aliphatic hydroxyl groups is 1. The van der Waals surface area contributed by atoms with Gasteiger partial charge in [0.05, 0.1) is 59.8 Å². The maximum atomic E-state index is 15.6. The van der Waals surface area contributed by atoms with Gasteiger partial charge in [0.1, 0.15) is 29.9 Å². The first kappa shape index (κ1) is 29.8. The Bertz CT molecular complexity index is 1970. The Balaban J connectivity index is 1.29. The zero-order valence-electron chi connectivity index (χ0n) is 23.6. The van der Waals surface area contributed by atoms with Crippen molar-refractivity contribution in [1.82, 2.24) is 14.5 Å². The molecule has 1 aliphatic heterocycles. The molecule has 2 atom stereocenters. The molecule has 228 valence electrons. The molecule has 9 nitrogen and oxygen atoms in total. The Morgan fingerprint density at radius 2 is 1.82 bits per heavy atom. The molecule has 1 aliphatic rings. The van der Waals surface area contributed by atoms with Crippen LogP contribution in [0.1, 0.15) is 38.9 Å². The van der Waals surface area contributed by atoms with Crippen LogP contribution in [0.25, 0.3) is 22.3 Å². The summed E-state index contributed by atoms with van der Waals surface area (Å²) in [6, 6.07) is 16.5. The number of nitrogens with zero attached hydrogens (tertiary/aromatic N) is 4. The van der Waals surface area contributed by atoms with Gasteiger partial charge in [0, 0.05) is 29.5 Å². The molecule has 12 heteroatoms. The molecule has 0 bridgehead atoms. The molecule has 0 spiro atoms. The molecule has 45 heavy (non-hydrogen) atoms. The number of carboxylic acid groups (broad SMARTS) is 1. The molecule has 0 aliphatic carbocycles. The number of hydrogen-bond donors (Lipinski definition) is 2. The van der Waals surface area contributed by atoms with Crippen LogP contribution in [0.5, 0.6) is 5.88 Å². The lowest BCUT2D eigenvalue weighted by molar-refractivity contribution is 0.0697. The van der Waals surface area contributed by atoms with Gasteiger partial charge in [-0.25, -0.2) is 27.9 Å². The van der Waals surface area contributed by atoms with Crippen LogP contribution >= 0.6 is 0 Å². The average Bonchev–Trinajstić information content (AvgIpc) is 3.65. The van der Waals surface area contributed by atoms with Gasteiger partial charge in [-0.1, -0.05) is 12.1 Å². The fourth-order valence-electron chi connectivity index (χ4n) is 5.44. The quantitative estimate of drug-likeness (QED) is 0.225. The highest BCUT2D eigenvalue weighted by Crippen LogP contribution is 2.33. The van der Waals surface area contributed by atoms with Gasteiger partial charge in [0.25, 0.3) is 0 Å². The Labute approximate surface area is 254 Å². The lowest BCUT2D eigenvalue weighted by Crippen LogP contribution is -2.23. The van der Waals surface area contributed by atoms with Gasteiger partial charge in [-0.3, -0.25) is 0 Å². The molecule has 3 aromatic carbocycles. The number of rotatable bonds is 9. The van der Waals surface area contributed by atoms with E-state index in [9.17, 15) is 19.4 Å². The summed E-state index contributed by atoms with van der Waals surface area (Å²) < 4.78 is 58.3. The van der Waals surface area contributed by atoms with Gasteiger partial charge in [0.15, 0.2) is 0 Å². The number of nitriles is 1. The first-order chi connectivity index (χ1) is 21.7. The number of aromatic nitrogens is 3. The van der Waals surface area contributed by atoms with Crippen molar-refractivity contribution in [2.75, 3.05) is 19.8 Å². The molecule has 1 fully saturated rings. The molecule has 2 aromatic heterocycles. The second-order valence-corrected chi connectivity index (χ2v) is 10.6. The number of benzene rings is 3. The summed E-state index contributed by atoms with van der Waals surface area (Å²) in [6.45, 7) is 0.146. The lowest BCUT2D eigenvalue weighted by Gasteiger charge is -2.21. The van der Waals surface area contributed by atoms with E-state index in [0.717, 1.165) is 18.2 Å². The van der Waals surface area contributed by atoms with Crippen LogP contribution in [-0.4, -0.2) is 50.5 Å². The number of hydrogen-bond acceptors (Lipinski definition) is 7. The van der Waals surface area contributed by atoms with E-state index in [1.165, 1.54) is 36.4 Å². The number of aliphatic hydroxyl groups excluding tert-OH is 1. The summed E-state index contributed by atoms with van der Waals surface area (Å²) >= 11 is 0. The van der Waals surface area contributed by atoms with E-state index in [1.807, 2.05) is 6.07 Å². The number of carboxylic acids is 1.